The van der Waals surface area contributed by atoms with Crippen LogP contribution in [0.3, 0.4) is 0 Å². The van der Waals surface area contributed by atoms with Gasteiger partial charge < -0.3 is 18.3 Å². The average Bonchev–Trinajstić information content (AvgIpc) is 1.52. The van der Waals surface area contributed by atoms with Crippen LogP contribution in [-0.4, -0.2) is 40.7 Å². The van der Waals surface area contributed by atoms with Crippen LogP contribution in [0.15, 0.2) is 276 Å². The van der Waals surface area contributed by atoms with E-state index in [2.05, 4.69) is 414 Å². The summed E-state index contributed by atoms with van der Waals surface area (Å²) in [6.07, 6.45) is 36.1. The zero-order valence-corrected chi connectivity index (χ0v) is 86.4. The molecule has 16 aromatic rings. The standard InChI is InChI=1S/C57H62N2.C41H64N2O4.C26H16Br2N2/c1-5-7-9-11-13-21-35-57(36-22-14-12-10-8-6-2)51-37-41(3)27-31-47(51)48-33-29-43(39-52(48)57)44-30-34-50-54(40-44)59(46-25-19-16-20-26-46)55-49-32-28-42(4)38-53(49)58(56(50)55)45-23-17-15-18-24-45;1-11-13-15-17-19-21-27-41(28-22-20-18-16-14-12-2)35-29-31(42-44-37(3,4)38(5,6)45-42)23-25-33(35)34-26-24-32(30-36(34)41)43-46-39(7,8)40(9,10)47-43;27-17-11-13-21-23(15-17)29(19-7-3-1-4-8-19)25-22-14-12-18(28)16-24(22)30(26(21)25)20-9-5-2-6-10-20/h15-20,23-34,37-40H,5-14,21-22,35-36H2,1-4H3;23-26,29-30H,11-22,27-28H2,1-10H3;1-16H. The summed E-state index contributed by atoms with van der Waals surface area (Å²) >= 11 is 7.36. The number of para-hydroxylation sites is 4. The Kier molecular flexibility index (Phi) is 29.0. The van der Waals surface area contributed by atoms with Crippen molar-refractivity contribution >= 4 is 109 Å². The molecule has 0 bridgehead atoms. The highest BCUT2D eigenvalue weighted by Crippen LogP contribution is 2.60. The van der Waals surface area contributed by atoms with Crippen LogP contribution in [-0.2, 0) is 30.2 Å². The van der Waals surface area contributed by atoms with Crippen LogP contribution in [0.1, 0.15) is 296 Å². The summed E-state index contributed by atoms with van der Waals surface area (Å²) in [6, 6.07) is 98.9. The molecule has 0 saturated carbocycles. The van der Waals surface area contributed by atoms with E-state index in [1.807, 2.05) is 0 Å². The van der Waals surface area contributed by atoms with Crippen molar-refractivity contribution < 1.29 is 19.4 Å². The third-order valence-electron chi connectivity index (χ3n) is 31.0. The summed E-state index contributed by atoms with van der Waals surface area (Å²) in [5.41, 5.74) is 31.4. The lowest BCUT2D eigenvalue weighted by Gasteiger charge is -2.34. The molecule has 0 atom stereocenters. The van der Waals surface area contributed by atoms with E-state index >= 15 is 0 Å². The zero-order chi connectivity index (χ0) is 94.7. The molecular formula is C124H142Br2N6O4. The SMILES string of the molecule is Brc1ccc2c(c1)n(-c1ccccc1)c1c3ccc(Br)cc3n(-c3ccccc3)c21.CCCCCCCCC1(CCCCCCCC)c2cc(C)ccc2-c2ccc(-c3ccc4c(c3)n(-c3ccccc3)c3c5ccc(C)cc5n(-c5ccccc5)c43)cc21.CCCCCCCCC1(CCCCCCCC)c2cc(N3OC(C)(C)C(C)(C)O3)ccc2-c2ccc(N3OC(C)(C)C(C)(C)O3)cc21. The average molecular weight is 1940 g/mol. The second kappa shape index (κ2) is 41.0. The molecule has 10 nitrogen and oxygen atoms in total. The van der Waals surface area contributed by atoms with Crippen molar-refractivity contribution in [1.29, 1.82) is 0 Å². The fraction of sp³-hybridized carbons (Fsp3) is 0.387. The van der Waals surface area contributed by atoms with Crippen molar-refractivity contribution in [3.8, 4) is 56.1 Å². The van der Waals surface area contributed by atoms with E-state index in [1.165, 1.54) is 300 Å². The summed E-state index contributed by atoms with van der Waals surface area (Å²) in [7, 11) is 0. The molecule has 0 amide bonds. The second-order valence-corrected chi connectivity index (χ2v) is 43.4. The van der Waals surface area contributed by atoms with Gasteiger partial charge in [0, 0.05) is 64.1 Å². The van der Waals surface area contributed by atoms with Gasteiger partial charge in [-0.15, -0.1) is 10.5 Å². The Morgan fingerprint density at radius 2 is 0.493 bits per heavy atom. The van der Waals surface area contributed by atoms with Crippen LogP contribution in [0, 0.1) is 13.8 Å². The Labute approximate surface area is 826 Å². The number of rotatable bonds is 35. The first-order valence-electron chi connectivity index (χ1n) is 51.6. The third kappa shape index (κ3) is 18.7. The zero-order valence-electron chi connectivity index (χ0n) is 83.3. The minimum atomic E-state index is -0.449. The number of aromatic nitrogens is 4. The first-order chi connectivity index (χ1) is 65.9. The van der Waals surface area contributed by atoms with Gasteiger partial charge in [0.05, 0.1) is 55.5 Å². The van der Waals surface area contributed by atoms with Crippen molar-refractivity contribution in [3.63, 3.8) is 0 Å². The number of unbranched alkanes of at least 4 members (excludes halogenated alkanes) is 20. The van der Waals surface area contributed by atoms with Crippen molar-refractivity contribution in [1.82, 2.24) is 18.3 Å². The summed E-state index contributed by atoms with van der Waals surface area (Å²) in [4.78, 5) is 25.7. The summed E-state index contributed by atoms with van der Waals surface area (Å²) in [5, 5.41) is 8.35. The Hall–Kier alpha value is -10.3. The molecule has 4 aromatic heterocycles. The maximum atomic E-state index is 6.42. The van der Waals surface area contributed by atoms with Crippen molar-refractivity contribution in [2.45, 2.75) is 310 Å². The molecule has 0 N–H and O–H groups in total. The van der Waals surface area contributed by atoms with E-state index in [-0.39, 0.29) is 10.8 Å². The quantitative estimate of drug-likeness (QED) is 0.0369. The monoisotopic (exact) mass is 1940 g/mol. The number of hydrogen-bond donors (Lipinski definition) is 0. The molecule has 0 spiro atoms. The molecule has 4 aliphatic rings. The predicted octanol–water partition coefficient (Wildman–Crippen LogP) is 37.0. The van der Waals surface area contributed by atoms with Gasteiger partial charge in [-0.2, -0.15) is 0 Å². The van der Waals surface area contributed by atoms with Crippen LogP contribution < -0.4 is 10.5 Å². The Morgan fingerprint density at radius 1 is 0.235 bits per heavy atom. The maximum absolute atomic E-state index is 6.42. The molecule has 2 fully saturated rings. The molecule has 2 aliphatic carbocycles. The lowest BCUT2D eigenvalue weighted by molar-refractivity contribution is -0.0277. The van der Waals surface area contributed by atoms with Crippen LogP contribution in [0.2, 0.25) is 0 Å². The minimum absolute atomic E-state index is 0.0514. The fourth-order valence-corrected chi connectivity index (χ4v) is 23.0. The van der Waals surface area contributed by atoms with Crippen LogP contribution in [0.5, 0.6) is 0 Å². The highest BCUT2D eigenvalue weighted by Gasteiger charge is 2.53. The number of halogens is 2. The van der Waals surface area contributed by atoms with Gasteiger partial charge in [-0.25, -0.2) is 19.4 Å². The van der Waals surface area contributed by atoms with Crippen LogP contribution >= 0.6 is 31.9 Å². The molecule has 0 unspecified atom stereocenters. The smallest absolute Gasteiger partial charge is 0.124 e. The molecule has 2 aliphatic heterocycles. The van der Waals surface area contributed by atoms with E-state index < -0.39 is 22.4 Å². The first kappa shape index (κ1) is 96.0. The summed E-state index contributed by atoms with van der Waals surface area (Å²) in [6.45, 7) is 30.5. The number of hydrogen-bond acceptors (Lipinski definition) is 6. The first-order valence-corrected chi connectivity index (χ1v) is 53.2. The van der Waals surface area contributed by atoms with Gasteiger partial charge in [0.1, 0.15) is 22.4 Å². The minimum Gasteiger partial charge on any atom is -0.307 e. The van der Waals surface area contributed by atoms with E-state index in [9.17, 15) is 0 Å². The maximum Gasteiger partial charge on any atom is 0.124 e. The molecule has 20 rings (SSSR count). The van der Waals surface area contributed by atoms with Crippen LogP contribution in [0.25, 0.3) is 122 Å². The Morgan fingerprint density at radius 3 is 0.846 bits per heavy atom. The highest BCUT2D eigenvalue weighted by atomic mass is 79.9. The number of benzene rings is 12. The largest absolute Gasteiger partial charge is 0.307 e. The molecule has 136 heavy (non-hydrogen) atoms. The van der Waals surface area contributed by atoms with Gasteiger partial charge >= 0.3 is 0 Å². The summed E-state index contributed by atoms with van der Waals surface area (Å²) in [5.74, 6) is 0. The van der Waals surface area contributed by atoms with E-state index in [1.54, 1.807) is 21.6 Å². The Balaban J connectivity index is 0.000000143. The van der Waals surface area contributed by atoms with Crippen LogP contribution in [0.4, 0.5) is 11.4 Å². The van der Waals surface area contributed by atoms with E-state index in [0.717, 1.165) is 44.5 Å². The number of nitrogens with zero attached hydrogens (tertiary/aromatic N) is 6. The van der Waals surface area contributed by atoms with E-state index in [4.69, 9.17) is 19.4 Å². The fourth-order valence-electron chi connectivity index (χ4n) is 22.3. The normalized spacial score (nSPS) is 15.6. The van der Waals surface area contributed by atoms with Gasteiger partial charge in [-0.3, -0.25) is 0 Å². The van der Waals surface area contributed by atoms with Crippen molar-refractivity contribution in [3.05, 3.63) is 309 Å². The summed E-state index contributed by atoms with van der Waals surface area (Å²) < 4.78 is 11.9. The van der Waals surface area contributed by atoms with Gasteiger partial charge in [-0.1, -0.05) is 359 Å². The molecule has 12 heteroatoms. The predicted molar refractivity (Wildman–Crippen MR) is 582 cm³/mol. The molecular weight excluding hydrogens is 1800 g/mol. The van der Waals surface area contributed by atoms with Crippen molar-refractivity contribution in [2.75, 3.05) is 10.5 Å². The van der Waals surface area contributed by atoms with Gasteiger partial charge in [0.15, 0.2) is 0 Å². The Bertz CT molecular complexity index is 6620. The van der Waals surface area contributed by atoms with Gasteiger partial charge in [0.25, 0.3) is 0 Å². The van der Waals surface area contributed by atoms with Gasteiger partial charge in [0.2, 0.25) is 0 Å². The number of fused-ring (bicyclic) bond motifs is 16. The second-order valence-electron chi connectivity index (χ2n) is 41.6. The van der Waals surface area contributed by atoms with Gasteiger partial charge in [-0.05, 0) is 284 Å². The van der Waals surface area contributed by atoms with E-state index in [0.29, 0.717) is 0 Å². The topological polar surface area (TPSA) is 63.1 Å². The lowest BCUT2D eigenvalue weighted by Crippen LogP contribution is -2.41. The molecule has 706 valence electrons. The highest BCUT2D eigenvalue weighted by molar-refractivity contribution is 9.10. The molecule has 6 heterocycles. The molecule has 0 radical (unpaired) electrons. The number of anilines is 2. The lowest BCUT2D eigenvalue weighted by atomic mass is 9.70. The molecule has 2 saturated heterocycles. The third-order valence-corrected chi connectivity index (χ3v) is 32.0. The molecule has 12 aromatic carbocycles. The number of aryl methyl sites for hydroxylation is 2. The van der Waals surface area contributed by atoms with Crippen molar-refractivity contribution in [2.24, 2.45) is 0 Å².